The Balaban J connectivity index is 1.35. The Kier molecular flexibility index (Phi) is 8.54. The second-order valence-electron chi connectivity index (χ2n) is 15.4. The third-order valence-corrected chi connectivity index (χ3v) is 11.5. The zero-order valence-corrected chi connectivity index (χ0v) is 32.3. The summed E-state index contributed by atoms with van der Waals surface area (Å²) in [7, 11) is 0. The Bertz CT molecular complexity index is 3110. The number of para-hydroxylation sites is 2. The fourth-order valence-electron chi connectivity index (χ4n) is 8.59. The van der Waals surface area contributed by atoms with Crippen LogP contribution in [0.25, 0.3) is 88.4 Å². The molecule has 0 aliphatic carbocycles. The van der Waals surface area contributed by atoms with Gasteiger partial charge in [-0.3, -0.25) is 0 Å². The van der Waals surface area contributed by atoms with Crippen LogP contribution in [0.5, 0.6) is 0 Å². The SMILES string of the molecule is Cc1ccc(-c2ccc3c(c2)c2ccccc2n3-c2cc(C(F)(F)F)cc(-n3c4ccccc4c4cc(-c5ccc(C)cc5)ccc43)c2-c2cccc(C(F)(F)F)c2)cc1. The number of rotatable bonds is 5. The van der Waals surface area contributed by atoms with Crippen LogP contribution in [0, 0.1) is 13.8 Å². The second kappa shape index (κ2) is 13.8. The smallest absolute Gasteiger partial charge is 0.309 e. The molecule has 0 bridgehead atoms. The standard InChI is InChI=1S/C52H34F6N2/c1-31-14-18-33(19-15-31)35-22-24-46-42(27-35)40-10-3-5-12-44(40)59(46)48-29-39(52(56,57)58)30-49(50(48)37-8-7-9-38(26-37)51(53,54)55)60-45-13-6-4-11-41(45)43-28-36(23-25-47(43)60)34-20-16-32(2)17-21-34/h3-30H,1-2H3. The molecule has 10 rings (SSSR count). The number of hydrogen-bond donors (Lipinski definition) is 0. The highest BCUT2D eigenvalue weighted by atomic mass is 19.4. The molecule has 0 fully saturated rings. The van der Waals surface area contributed by atoms with Crippen molar-refractivity contribution in [3.63, 3.8) is 0 Å². The molecular formula is C52H34F6N2. The lowest BCUT2D eigenvalue weighted by atomic mass is 9.96. The fraction of sp³-hybridized carbons (Fsp3) is 0.0769. The lowest BCUT2D eigenvalue weighted by Crippen LogP contribution is -2.11. The molecular weight excluding hydrogens is 767 g/mol. The highest BCUT2D eigenvalue weighted by Gasteiger charge is 2.35. The summed E-state index contributed by atoms with van der Waals surface area (Å²) in [6.07, 6.45) is -9.52. The summed E-state index contributed by atoms with van der Waals surface area (Å²) in [6.45, 7) is 4.02. The Morgan fingerprint density at radius 3 is 1.20 bits per heavy atom. The number of alkyl halides is 6. The lowest BCUT2D eigenvalue weighted by Gasteiger charge is -2.23. The number of fused-ring (bicyclic) bond motifs is 6. The van der Waals surface area contributed by atoms with Gasteiger partial charge in [0.25, 0.3) is 0 Å². The molecule has 8 heteroatoms. The number of halogens is 6. The van der Waals surface area contributed by atoms with E-state index < -0.39 is 23.5 Å². The summed E-state index contributed by atoms with van der Waals surface area (Å²) >= 11 is 0. The van der Waals surface area contributed by atoms with Crippen LogP contribution >= 0.6 is 0 Å². The monoisotopic (exact) mass is 800 g/mol. The molecule has 0 atom stereocenters. The van der Waals surface area contributed by atoms with E-state index in [0.717, 1.165) is 79.2 Å². The molecule has 8 aromatic carbocycles. The number of aromatic nitrogens is 2. The zero-order valence-electron chi connectivity index (χ0n) is 32.3. The van der Waals surface area contributed by atoms with Crippen LogP contribution in [-0.2, 0) is 12.4 Å². The van der Waals surface area contributed by atoms with Gasteiger partial charge < -0.3 is 9.13 Å². The summed E-state index contributed by atoms with van der Waals surface area (Å²) < 4.78 is 93.3. The van der Waals surface area contributed by atoms with Gasteiger partial charge in [0.05, 0.1) is 44.6 Å². The third kappa shape index (κ3) is 6.22. The van der Waals surface area contributed by atoms with Crippen LogP contribution < -0.4 is 0 Å². The maximum Gasteiger partial charge on any atom is 0.416 e. The van der Waals surface area contributed by atoms with Gasteiger partial charge in [0, 0.05) is 27.1 Å². The van der Waals surface area contributed by atoms with Gasteiger partial charge in [-0.25, -0.2) is 0 Å². The molecule has 10 aromatic rings. The molecule has 2 aromatic heterocycles. The second-order valence-corrected chi connectivity index (χ2v) is 15.4. The lowest BCUT2D eigenvalue weighted by molar-refractivity contribution is -0.138. The molecule has 2 nitrogen and oxygen atoms in total. The van der Waals surface area contributed by atoms with Crippen molar-refractivity contribution in [2.45, 2.75) is 26.2 Å². The summed E-state index contributed by atoms with van der Waals surface area (Å²) in [5, 5.41) is 3.16. The Hall–Kier alpha value is -7.06. The van der Waals surface area contributed by atoms with Gasteiger partial charge in [-0.1, -0.05) is 120 Å². The molecule has 0 saturated heterocycles. The van der Waals surface area contributed by atoms with Crippen LogP contribution in [-0.4, -0.2) is 9.13 Å². The van der Waals surface area contributed by atoms with Crippen molar-refractivity contribution >= 4 is 43.6 Å². The van der Waals surface area contributed by atoms with Crippen LogP contribution in [0.3, 0.4) is 0 Å². The van der Waals surface area contributed by atoms with Crippen molar-refractivity contribution in [1.29, 1.82) is 0 Å². The van der Waals surface area contributed by atoms with E-state index in [4.69, 9.17) is 0 Å². The summed E-state index contributed by atoms with van der Waals surface area (Å²) in [4.78, 5) is 0. The summed E-state index contributed by atoms with van der Waals surface area (Å²) in [5.74, 6) is 0. The van der Waals surface area contributed by atoms with Crippen molar-refractivity contribution in [1.82, 2.24) is 9.13 Å². The Labute approximate surface area is 341 Å². The molecule has 294 valence electrons. The van der Waals surface area contributed by atoms with Gasteiger partial charge in [-0.2, -0.15) is 26.3 Å². The minimum absolute atomic E-state index is 0.0932. The van der Waals surface area contributed by atoms with E-state index >= 15 is 13.2 Å². The quantitative estimate of drug-likeness (QED) is 0.153. The molecule has 0 saturated carbocycles. The maximum absolute atomic E-state index is 15.4. The molecule has 0 aliphatic heterocycles. The van der Waals surface area contributed by atoms with E-state index in [1.165, 1.54) is 12.1 Å². The Morgan fingerprint density at radius 2 is 0.750 bits per heavy atom. The van der Waals surface area contributed by atoms with Gasteiger partial charge in [-0.15, -0.1) is 0 Å². The molecule has 60 heavy (non-hydrogen) atoms. The average molecular weight is 801 g/mol. The van der Waals surface area contributed by atoms with Gasteiger partial charge in [-0.05, 0) is 102 Å². The predicted octanol–water partition coefficient (Wildman–Crippen LogP) is 15.5. The average Bonchev–Trinajstić information content (AvgIpc) is 3.75. The number of benzene rings is 8. The Morgan fingerprint density at radius 1 is 0.333 bits per heavy atom. The van der Waals surface area contributed by atoms with Crippen molar-refractivity contribution in [3.8, 4) is 44.8 Å². The first-order valence-electron chi connectivity index (χ1n) is 19.5. The number of hydrogen-bond acceptors (Lipinski definition) is 0. The topological polar surface area (TPSA) is 9.86 Å². The summed E-state index contributed by atoms with van der Waals surface area (Å²) in [6, 6.07) is 49.7. The molecule has 0 aliphatic rings. The van der Waals surface area contributed by atoms with E-state index in [1.807, 2.05) is 147 Å². The third-order valence-electron chi connectivity index (χ3n) is 11.5. The molecule has 0 N–H and O–H groups in total. The first kappa shape index (κ1) is 37.2. The predicted molar refractivity (Wildman–Crippen MR) is 231 cm³/mol. The van der Waals surface area contributed by atoms with E-state index in [9.17, 15) is 13.2 Å². The van der Waals surface area contributed by atoms with Gasteiger partial charge in [0.15, 0.2) is 0 Å². The molecule has 0 unspecified atom stereocenters. The van der Waals surface area contributed by atoms with E-state index in [2.05, 4.69) is 0 Å². The fourth-order valence-corrected chi connectivity index (χ4v) is 8.59. The number of aryl methyl sites for hydroxylation is 2. The first-order valence-corrected chi connectivity index (χ1v) is 19.5. The van der Waals surface area contributed by atoms with E-state index in [-0.39, 0.29) is 22.5 Å². The van der Waals surface area contributed by atoms with Gasteiger partial charge in [0.1, 0.15) is 0 Å². The van der Waals surface area contributed by atoms with Crippen LogP contribution in [0.4, 0.5) is 26.3 Å². The normalized spacial score (nSPS) is 12.3. The summed E-state index contributed by atoms with van der Waals surface area (Å²) in [5.41, 5.74) is 7.10. The highest BCUT2D eigenvalue weighted by molar-refractivity contribution is 6.13. The molecule has 2 heterocycles. The van der Waals surface area contributed by atoms with Crippen molar-refractivity contribution < 1.29 is 26.3 Å². The van der Waals surface area contributed by atoms with Gasteiger partial charge in [0.2, 0.25) is 0 Å². The number of nitrogens with zero attached hydrogens (tertiary/aromatic N) is 2. The largest absolute Gasteiger partial charge is 0.416 e. The van der Waals surface area contributed by atoms with E-state index in [0.29, 0.717) is 22.1 Å². The highest BCUT2D eigenvalue weighted by Crippen LogP contribution is 2.47. The van der Waals surface area contributed by atoms with Crippen molar-refractivity contribution in [2.75, 3.05) is 0 Å². The van der Waals surface area contributed by atoms with Crippen LogP contribution in [0.2, 0.25) is 0 Å². The molecule has 0 radical (unpaired) electrons. The van der Waals surface area contributed by atoms with Crippen LogP contribution in [0.15, 0.2) is 170 Å². The maximum atomic E-state index is 15.4. The molecule has 0 spiro atoms. The zero-order chi connectivity index (χ0) is 41.5. The van der Waals surface area contributed by atoms with Crippen molar-refractivity contribution in [3.05, 3.63) is 192 Å². The molecule has 0 amide bonds. The van der Waals surface area contributed by atoms with E-state index in [1.54, 1.807) is 9.13 Å². The minimum Gasteiger partial charge on any atom is -0.309 e. The minimum atomic E-state index is -4.81. The van der Waals surface area contributed by atoms with Gasteiger partial charge >= 0.3 is 12.4 Å². The van der Waals surface area contributed by atoms with Crippen molar-refractivity contribution in [2.24, 2.45) is 0 Å². The van der Waals surface area contributed by atoms with Crippen LogP contribution in [0.1, 0.15) is 22.3 Å². The first-order chi connectivity index (χ1) is 28.8.